The molecule has 4 heterocycles. The first-order chi connectivity index (χ1) is 15.8. The Labute approximate surface area is 192 Å². The number of ether oxygens (including phenoxy) is 1. The van der Waals surface area contributed by atoms with Crippen LogP contribution < -0.4 is 15.3 Å². The zero-order valence-electron chi connectivity index (χ0n) is 19.9. The highest BCUT2D eigenvalue weighted by Gasteiger charge is 2.23. The quantitative estimate of drug-likeness (QED) is 0.483. The molecule has 0 unspecified atom stereocenters. The van der Waals surface area contributed by atoms with Crippen molar-refractivity contribution in [1.82, 2.24) is 24.1 Å². The van der Waals surface area contributed by atoms with E-state index in [4.69, 9.17) is 14.7 Å². The number of pyridine rings is 1. The van der Waals surface area contributed by atoms with Gasteiger partial charge < -0.3 is 9.64 Å². The average Bonchev–Trinajstić information content (AvgIpc) is 3.10. The van der Waals surface area contributed by atoms with Crippen molar-refractivity contribution in [2.24, 2.45) is 7.05 Å². The number of aromatic nitrogens is 5. The van der Waals surface area contributed by atoms with E-state index in [0.717, 1.165) is 58.2 Å². The van der Waals surface area contributed by atoms with E-state index >= 15 is 0 Å². The lowest BCUT2D eigenvalue weighted by Gasteiger charge is -2.31. The predicted octanol–water partition coefficient (Wildman–Crippen LogP) is 3.29. The van der Waals surface area contributed by atoms with E-state index in [1.807, 2.05) is 20.0 Å². The van der Waals surface area contributed by atoms with Gasteiger partial charge in [0.05, 0.1) is 7.11 Å². The van der Waals surface area contributed by atoms with Gasteiger partial charge in [-0.1, -0.05) is 0 Å². The zero-order chi connectivity index (χ0) is 23.4. The van der Waals surface area contributed by atoms with Gasteiger partial charge in [0.1, 0.15) is 11.6 Å². The summed E-state index contributed by atoms with van der Waals surface area (Å²) in [6.45, 7) is 9.66. The Hall–Kier alpha value is -3.68. The monoisotopic (exact) mass is 444 g/mol. The molecule has 5 rings (SSSR count). The molecule has 1 aliphatic heterocycles. The summed E-state index contributed by atoms with van der Waals surface area (Å²) in [7, 11) is 3.35. The van der Waals surface area contributed by atoms with Gasteiger partial charge in [-0.05, 0) is 68.1 Å². The van der Waals surface area contributed by atoms with Crippen molar-refractivity contribution < 1.29 is 4.74 Å². The van der Waals surface area contributed by atoms with Gasteiger partial charge >= 0.3 is 5.69 Å². The lowest BCUT2D eigenvalue weighted by Crippen LogP contribution is -2.33. The maximum atomic E-state index is 12.4. The second-order valence-corrected chi connectivity index (χ2v) is 8.83. The van der Waals surface area contributed by atoms with Crippen LogP contribution in [-0.2, 0) is 20.0 Å². The van der Waals surface area contributed by atoms with Gasteiger partial charge in [0, 0.05) is 55.3 Å². The molecule has 3 aromatic heterocycles. The Balaban J connectivity index is 1.54. The topological polar surface area (TPSA) is 77.5 Å². The third kappa shape index (κ3) is 3.37. The van der Waals surface area contributed by atoms with E-state index in [9.17, 15) is 4.79 Å². The summed E-state index contributed by atoms with van der Waals surface area (Å²) in [5, 5.41) is 4.31. The molecule has 0 saturated carbocycles. The van der Waals surface area contributed by atoms with E-state index in [1.54, 1.807) is 18.6 Å². The molecule has 0 saturated heterocycles. The van der Waals surface area contributed by atoms with E-state index < -0.39 is 0 Å². The molecule has 0 N–H and O–H groups in total. The van der Waals surface area contributed by atoms with Crippen molar-refractivity contribution >= 4 is 11.6 Å². The van der Waals surface area contributed by atoms with E-state index in [0.29, 0.717) is 12.3 Å². The Bertz CT molecular complexity index is 1470. The maximum Gasteiger partial charge on any atom is 0.351 e. The maximum absolute atomic E-state index is 12.4. The number of benzene rings is 1. The molecular formula is C25H28N6O2. The van der Waals surface area contributed by atoms with E-state index in [-0.39, 0.29) is 5.69 Å². The first-order valence-corrected chi connectivity index (χ1v) is 11.1. The number of methoxy groups -OCH3 is 1. The molecular weight excluding hydrogens is 416 g/mol. The fourth-order valence-corrected chi connectivity index (χ4v) is 4.71. The fraction of sp³-hybridized carbons (Fsp3) is 0.360. The van der Waals surface area contributed by atoms with Crippen LogP contribution >= 0.6 is 0 Å². The third-order valence-electron chi connectivity index (χ3n) is 6.72. The van der Waals surface area contributed by atoms with E-state index in [2.05, 4.69) is 42.0 Å². The highest BCUT2D eigenvalue weighted by Crippen LogP contribution is 2.33. The number of hydrogen-bond acceptors (Lipinski definition) is 6. The number of anilines is 1. The molecule has 170 valence electrons. The molecule has 8 heteroatoms. The second-order valence-electron chi connectivity index (χ2n) is 8.83. The van der Waals surface area contributed by atoms with E-state index in [1.165, 1.54) is 15.8 Å². The number of aryl methyl sites for hydroxylation is 4. The SMILES string of the molecule is COc1cc(C)c(-c2cnc3c(c2)CN(c2nc4nn(C)c(=O)n4c(C)c2C)CC3)cc1C. The summed E-state index contributed by atoms with van der Waals surface area (Å²) in [4.78, 5) is 24.2. The summed E-state index contributed by atoms with van der Waals surface area (Å²) in [5.41, 5.74) is 8.55. The van der Waals surface area contributed by atoms with Crippen LogP contribution in [0.15, 0.2) is 29.2 Å². The molecule has 33 heavy (non-hydrogen) atoms. The van der Waals surface area contributed by atoms with Gasteiger partial charge in [0.25, 0.3) is 5.78 Å². The smallest absolute Gasteiger partial charge is 0.351 e. The lowest BCUT2D eigenvalue weighted by molar-refractivity contribution is 0.411. The van der Waals surface area contributed by atoms with Crippen LogP contribution in [0.2, 0.25) is 0 Å². The number of rotatable bonds is 3. The lowest BCUT2D eigenvalue weighted by atomic mass is 9.95. The second kappa shape index (κ2) is 7.72. The van der Waals surface area contributed by atoms with Crippen LogP contribution in [0.4, 0.5) is 5.82 Å². The molecule has 4 aromatic rings. The summed E-state index contributed by atoms with van der Waals surface area (Å²) in [6.07, 6.45) is 2.82. The number of fused-ring (bicyclic) bond motifs is 2. The summed E-state index contributed by atoms with van der Waals surface area (Å²) in [6, 6.07) is 6.49. The fourth-order valence-electron chi connectivity index (χ4n) is 4.71. The van der Waals surface area contributed by atoms with Crippen LogP contribution in [0.3, 0.4) is 0 Å². The number of hydrogen-bond donors (Lipinski definition) is 0. The first kappa shape index (κ1) is 21.2. The largest absolute Gasteiger partial charge is 0.496 e. The molecule has 0 fully saturated rings. The molecule has 0 spiro atoms. The molecule has 8 nitrogen and oxygen atoms in total. The van der Waals surface area contributed by atoms with Gasteiger partial charge in [-0.2, -0.15) is 4.98 Å². The minimum atomic E-state index is -0.173. The number of nitrogens with zero attached hydrogens (tertiary/aromatic N) is 6. The summed E-state index contributed by atoms with van der Waals surface area (Å²) >= 11 is 0. The third-order valence-corrected chi connectivity index (χ3v) is 6.72. The van der Waals surface area contributed by atoms with Crippen LogP contribution in [-0.4, -0.2) is 37.8 Å². The van der Waals surface area contributed by atoms with Crippen molar-refractivity contribution in [2.75, 3.05) is 18.6 Å². The van der Waals surface area contributed by atoms with Crippen LogP contribution in [0.1, 0.15) is 33.6 Å². The zero-order valence-corrected chi connectivity index (χ0v) is 19.9. The van der Waals surface area contributed by atoms with Crippen molar-refractivity contribution in [1.29, 1.82) is 0 Å². The van der Waals surface area contributed by atoms with Crippen LogP contribution in [0.25, 0.3) is 16.9 Å². The average molecular weight is 445 g/mol. The Morgan fingerprint density at radius 1 is 1.06 bits per heavy atom. The van der Waals surface area contributed by atoms with Gasteiger partial charge in [0.2, 0.25) is 0 Å². The summed E-state index contributed by atoms with van der Waals surface area (Å²) < 4.78 is 8.38. The normalized spacial score (nSPS) is 13.5. The van der Waals surface area contributed by atoms with Crippen molar-refractivity contribution in [3.63, 3.8) is 0 Å². The van der Waals surface area contributed by atoms with Crippen LogP contribution in [0, 0.1) is 27.7 Å². The summed E-state index contributed by atoms with van der Waals surface area (Å²) in [5.74, 6) is 2.20. The minimum absolute atomic E-state index is 0.173. The van der Waals surface area contributed by atoms with Gasteiger partial charge in [-0.3, -0.25) is 4.98 Å². The predicted molar refractivity (Wildman–Crippen MR) is 128 cm³/mol. The molecule has 0 amide bonds. The standard InChI is InChI=1S/C25H28N6O2/c1-14-10-22(33-6)15(2)9-20(14)18-11-19-13-30(8-7-21(19)26-12-18)23-16(3)17(4)31-24(27-23)28-29(5)25(31)32/h9-12H,7-8,13H2,1-6H3. The highest BCUT2D eigenvalue weighted by molar-refractivity contribution is 5.70. The van der Waals surface area contributed by atoms with Crippen molar-refractivity contribution in [2.45, 2.75) is 40.7 Å². The first-order valence-electron chi connectivity index (χ1n) is 11.1. The molecule has 0 aliphatic carbocycles. The molecule has 1 aromatic carbocycles. The Morgan fingerprint density at radius 3 is 2.61 bits per heavy atom. The molecule has 0 atom stereocenters. The van der Waals surface area contributed by atoms with Gasteiger partial charge in [0.15, 0.2) is 0 Å². The molecule has 0 bridgehead atoms. The Morgan fingerprint density at radius 2 is 1.85 bits per heavy atom. The molecule has 1 aliphatic rings. The highest BCUT2D eigenvalue weighted by atomic mass is 16.5. The minimum Gasteiger partial charge on any atom is -0.496 e. The van der Waals surface area contributed by atoms with Crippen molar-refractivity contribution in [3.8, 4) is 16.9 Å². The van der Waals surface area contributed by atoms with Crippen LogP contribution in [0.5, 0.6) is 5.75 Å². The molecule has 0 radical (unpaired) electrons. The Kier molecular flexibility index (Phi) is 4.96. The van der Waals surface area contributed by atoms with Gasteiger partial charge in [-0.15, -0.1) is 5.10 Å². The van der Waals surface area contributed by atoms with Gasteiger partial charge in [-0.25, -0.2) is 13.9 Å². The van der Waals surface area contributed by atoms with Crippen molar-refractivity contribution in [3.05, 3.63) is 68.5 Å².